The van der Waals surface area contributed by atoms with Gasteiger partial charge < -0.3 is 25.4 Å². The molecule has 1 fully saturated rings. The zero-order chi connectivity index (χ0) is 22.2. The van der Waals surface area contributed by atoms with Crippen molar-refractivity contribution in [3.05, 3.63) is 65.7 Å². The number of halogens is 1. The highest BCUT2D eigenvalue weighted by Gasteiger charge is 2.34. The maximum Gasteiger partial charge on any atom is 0.191 e. The highest BCUT2D eigenvalue weighted by Crippen LogP contribution is 2.31. The van der Waals surface area contributed by atoms with Crippen molar-refractivity contribution >= 4 is 29.9 Å². The minimum absolute atomic E-state index is 0. The van der Waals surface area contributed by atoms with Gasteiger partial charge in [0.2, 0.25) is 0 Å². The predicted octanol–water partition coefficient (Wildman–Crippen LogP) is 4.58. The van der Waals surface area contributed by atoms with Gasteiger partial charge in [-0.1, -0.05) is 48.5 Å². The Morgan fingerprint density at radius 1 is 1.06 bits per heavy atom. The maximum atomic E-state index is 5.83. The summed E-state index contributed by atoms with van der Waals surface area (Å²) in [5, 5.41) is 11.0. The molecule has 2 aromatic carbocycles. The minimum Gasteiger partial charge on any atom is -0.493 e. The van der Waals surface area contributed by atoms with E-state index in [1.54, 1.807) is 0 Å². The van der Waals surface area contributed by atoms with Gasteiger partial charge in [0.15, 0.2) is 5.96 Å². The number of benzene rings is 2. The van der Waals surface area contributed by atoms with Gasteiger partial charge in [-0.3, -0.25) is 4.99 Å². The Morgan fingerprint density at radius 3 is 2.55 bits per heavy atom. The fourth-order valence-corrected chi connectivity index (χ4v) is 4.60. The average molecular weight is 565 g/mol. The van der Waals surface area contributed by atoms with E-state index in [0.717, 1.165) is 50.7 Å². The first-order valence-electron chi connectivity index (χ1n) is 11.9. The molecule has 0 aliphatic carbocycles. The van der Waals surface area contributed by atoms with Crippen LogP contribution in [0, 0.1) is 0 Å². The molecule has 3 N–H and O–H groups in total. The van der Waals surface area contributed by atoms with Crippen LogP contribution in [0.25, 0.3) is 0 Å². The molecule has 33 heavy (non-hydrogen) atoms. The molecule has 0 saturated carbocycles. The molecule has 2 aliphatic heterocycles. The molecule has 4 rings (SSSR count). The molecule has 1 saturated heterocycles. The molecule has 2 unspecified atom stereocenters. The zero-order valence-corrected chi connectivity index (χ0v) is 22.0. The van der Waals surface area contributed by atoms with Gasteiger partial charge in [-0.25, -0.2) is 0 Å². The Kier molecular flexibility index (Phi) is 9.82. The molecule has 180 valence electrons. The van der Waals surface area contributed by atoms with E-state index >= 15 is 0 Å². The van der Waals surface area contributed by atoms with Crippen molar-refractivity contribution in [3.8, 4) is 5.75 Å². The van der Waals surface area contributed by atoms with Crippen LogP contribution in [0.15, 0.2) is 59.6 Å². The van der Waals surface area contributed by atoms with Crippen LogP contribution in [0.5, 0.6) is 5.75 Å². The van der Waals surface area contributed by atoms with Crippen LogP contribution in [0.1, 0.15) is 56.3 Å². The van der Waals surface area contributed by atoms with Crippen LogP contribution in [0.2, 0.25) is 0 Å². The second-order valence-electron chi connectivity index (χ2n) is 8.74. The van der Waals surface area contributed by atoms with Crippen LogP contribution in [-0.2, 0) is 4.74 Å². The number of aliphatic imine (C=N–C) groups is 1. The summed E-state index contributed by atoms with van der Waals surface area (Å²) in [6, 6.07) is 19.3. The summed E-state index contributed by atoms with van der Waals surface area (Å²) in [4.78, 5) is 5.06. The zero-order valence-electron chi connectivity index (χ0n) is 19.7. The largest absolute Gasteiger partial charge is 0.493 e. The fourth-order valence-electron chi connectivity index (χ4n) is 4.60. The van der Waals surface area contributed by atoms with Gasteiger partial charge >= 0.3 is 0 Å². The van der Waals surface area contributed by atoms with Crippen LogP contribution in [0.4, 0.5) is 0 Å². The van der Waals surface area contributed by atoms with Crippen molar-refractivity contribution < 1.29 is 9.47 Å². The van der Waals surface area contributed by atoms with E-state index in [0.29, 0.717) is 13.2 Å². The lowest BCUT2D eigenvalue weighted by Gasteiger charge is -2.39. The molecule has 2 heterocycles. The third-order valence-electron chi connectivity index (χ3n) is 6.43. The summed E-state index contributed by atoms with van der Waals surface area (Å²) in [5.41, 5.74) is 2.41. The number of ether oxygens (including phenoxy) is 2. The first kappa shape index (κ1) is 25.8. The second-order valence-corrected chi connectivity index (χ2v) is 8.74. The summed E-state index contributed by atoms with van der Waals surface area (Å²) in [5.74, 6) is 1.82. The lowest BCUT2D eigenvalue weighted by atomic mass is 9.88. The molecule has 2 aliphatic rings. The molecule has 2 atom stereocenters. The van der Waals surface area contributed by atoms with Crippen molar-refractivity contribution in [1.82, 2.24) is 16.0 Å². The van der Waals surface area contributed by atoms with Gasteiger partial charge in [0.25, 0.3) is 0 Å². The smallest absolute Gasteiger partial charge is 0.191 e. The number of fused-ring (bicyclic) bond motifs is 1. The Morgan fingerprint density at radius 2 is 1.79 bits per heavy atom. The first-order chi connectivity index (χ1) is 15.7. The molecule has 6 nitrogen and oxygen atoms in total. The molecule has 2 aromatic rings. The van der Waals surface area contributed by atoms with Crippen LogP contribution in [-0.4, -0.2) is 44.4 Å². The number of nitrogens with one attached hydrogen (secondary N) is 3. The minimum atomic E-state index is -0.0799. The van der Waals surface area contributed by atoms with E-state index < -0.39 is 0 Å². The molecular formula is C26H37IN4O2. The Bertz CT molecular complexity index is 887. The monoisotopic (exact) mass is 564 g/mol. The molecular weight excluding hydrogens is 527 g/mol. The number of hydrogen-bond donors (Lipinski definition) is 3. The van der Waals surface area contributed by atoms with E-state index in [9.17, 15) is 0 Å². The van der Waals surface area contributed by atoms with Gasteiger partial charge in [0.05, 0.1) is 19.2 Å². The van der Waals surface area contributed by atoms with Gasteiger partial charge in [0.1, 0.15) is 5.75 Å². The average Bonchev–Trinajstić information content (AvgIpc) is 2.84. The lowest BCUT2D eigenvalue weighted by molar-refractivity contribution is 0.0374. The van der Waals surface area contributed by atoms with Crippen molar-refractivity contribution in [2.24, 2.45) is 4.99 Å². The van der Waals surface area contributed by atoms with E-state index in [4.69, 9.17) is 14.5 Å². The number of nitrogens with zero attached hydrogens (tertiary/aromatic N) is 1. The fraction of sp³-hybridized carbons (Fsp3) is 0.500. The lowest BCUT2D eigenvalue weighted by Crippen LogP contribution is -2.53. The summed E-state index contributed by atoms with van der Waals surface area (Å²) in [6.07, 6.45) is 2.82. The quantitative estimate of drug-likeness (QED) is 0.261. The third kappa shape index (κ3) is 6.83. The summed E-state index contributed by atoms with van der Waals surface area (Å²) < 4.78 is 11.5. The molecule has 0 spiro atoms. The molecule has 0 bridgehead atoms. The highest BCUT2D eigenvalue weighted by molar-refractivity contribution is 14.0. The number of rotatable bonds is 7. The van der Waals surface area contributed by atoms with Crippen molar-refractivity contribution in [1.29, 1.82) is 0 Å². The van der Waals surface area contributed by atoms with E-state index in [2.05, 4.69) is 72.3 Å². The topological polar surface area (TPSA) is 66.9 Å². The molecule has 0 radical (unpaired) electrons. The van der Waals surface area contributed by atoms with Crippen LogP contribution in [0.3, 0.4) is 0 Å². The van der Waals surface area contributed by atoms with Gasteiger partial charge in [-0.15, -0.1) is 24.0 Å². The van der Waals surface area contributed by atoms with E-state index in [-0.39, 0.29) is 41.6 Å². The Balaban J connectivity index is 0.00000306. The van der Waals surface area contributed by atoms with Gasteiger partial charge in [-0.2, -0.15) is 0 Å². The van der Waals surface area contributed by atoms with Crippen molar-refractivity contribution in [3.63, 3.8) is 0 Å². The Hall–Kier alpha value is -1.84. The highest BCUT2D eigenvalue weighted by atomic mass is 127. The van der Waals surface area contributed by atoms with Crippen LogP contribution < -0.4 is 20.7 Å². The SMILES string of the molecule is CCNC(=NCC1(NC(C)c2ccccc2)CCOCC1)NC1CCOc2ccccc21.I. The van der Waals surface area contributed by atoms with Crippen molar-refractivity contribution in [2.45, 2.75) is 50.7 Å². The number of guanidine groups is 1. The van der Waals surface area contributed by atoms with E-state index in [1.165, 1.54) is 11.1 Å². The second kappa shape index (κ2) is 12.6. The molecule has 0 aromatic heterocycles. The normalized spacial score (nSPS) is 20.5. The van der Waals surface area contributed by atoms with Crippen LogP contribution >= 0.6 is 24.0 Å². The first-order valence-corrected chi connectivity index (χ1v) is 11.9. The number of para-hydroxylation sites is 1. The summed E-state index contributed by atoms with van der Waals surface area (Å²) in [7, 11) is 0. The predicted molar refractivity (Wildman–Crippen MR) is 145 cm³/mol. The maximum absolute atomic E-state index is 5.83. The van der Waals surface area contributed by atoms with Crippen molar-refractivity contribution in [2.75, 3.05) is 32.9 Å². The van der Waals surface area contributed by atoms with Gasteiger partial charge in [-0.05, 0) is 38.3 Å². The third-order valence-corrected chi connectivity index (χ3v) is 6.43. The Labute approximate surface area is 215 Å². The number of hydrogen-bond acceptors (Lipinski definition) is 4. The molecule has 7 heteroatoms. The van der Waals surface area contributed by atoms with E-state index in [1.807, 2.05) is 12.1 Å². The van der Waals surface area contributed by atoms with Gasteiger partial charge in [0, 0.05) is 43.3 Å². The summed E-state index contributed by atoms with van der Waals surface area (Å²) >= 11 is 0. The standard InChI is InChI=1S/C26H36N4O2.HI/c1-3-27-25(29-23-13-16-32-24-12-8-7-11-22(23)24)28-19-26(14-17-31-18-15-26)30-20(2)21-9-5-4-6-10-21;/h4-12,20,23,30H,3,13-19H2,1-2H3,(H2,27,28,29);1H. The molecule has 0 amide bonds. The summed E-state index contributed by atoms with van der Waals surface area (Å²) in [6.45, 7) is 8.11.